The Hall–Kier alpha value is -3.69. The molecule has 0 radical (unpaired) electrons. The molecule has 0 amide bonds. The summed E-state index contributed by atoms with van der Waals surface area (Å²) in [5.74, 6) is -1.08. The highest BCUT2D eigenvalue weighted by molar-refractivity contribution is 7.86. The molecule has 0 aliphatic heterocycles. The van der Waals surface area contributed by atoms with E-state index in [2.05, 4.69) is 5.32 Å². The summed E-state index contributed by atoms with van der Waals surface area (Å²) < 4.78 is 33.5. The van der Waals surface area contributed by atoms with Crippen molar-refractivity contribution in [2.24, 2.45) is 0 Å². The van der Waals surface area contributed by atoms with Crippen molar-refractivity contribution >= 4 is 44.4 Å². The lowest BCUT2D eigenvalue weighted by Gasteiger charge is -2.23. The first-order chi connectivity index (χ1) is 14.1. The first kappa shape index (κ1) is 19.6. The Labute approximate surface area is 172 Å². The van der Waals surface area contributed by atoms with Gasteiger partial charge in [0.1, 0.15) is 4.90 Å². The molecule has 0 atom stereocenters. The number of hydrogen-bond donors (Lipinski definition) is 4. The van der Waals surface area contributed by atoms with E-state index >= 15 is 0 Å². The Bertz CT molecular complexity index is 1360. The fourth-order valence-corrected chi connectivity index (χ4v) is 4.16. The van der Waals surface area contributed by atoms with Gasteiger partial charge in [0, 0.05) is 22.5 Å². The second-order valence-corrected chi connectivity index (χ2v) is 8.35. The van der Waals surface area contributed by atoms with Crippen molar-refractivity contribution in [3.8, 4) is 0 Å². The van der Waals surface area contributed by atoms with E-state index in [1.54, 1.807) is 37.3 Å². The molecule has 0 saturated carbocycles. The topological polar surface area (TPSA) is 153 Å². The summed E-state index contributed by atoms with van der Waals surface area (Å²) in [5, 5.41) is 2.96. The third-order valence-corrected chi connectivity index (χ3v) is 5.92. The molecule has 1 aliphatic carbocycles. The number of rotatable bonds is 3. The summed E-state index contributed by atoms with van der Waals surface area (Å²) in [7, 11) is -4.76. The van der Waals surface area contributed by atoms with Crippen LogP contribution in [0, 0.1) is 6.92 Å². The van der Waals surface area contributed by atoms with Crippen LogP contribution in [0.1, 0.15) is 37.4 Å². The first-order valence-electron chi connectivity index (χ1n) is 8.85. The zero-order chi connectivity index (χ0) is 21.8. The number of hydrogen-bond acceptors (Lipinski definition) is 7. The van der Waals surface area contributed by atoms with Crippen LogP contribution in [-0.2, 0) is 10.1 Å². The van der Waals surface area contributed by atoms with Crippen molar-refractivity contribution in [1.29, 1.82) is 0 Å². The van der Waals surface area contributed by atoms with E-state index in [9.17, 15) is 22.6 Å². The summed E-state index contributed by atoms with van der Waals surface area (Å²) in [4.78, 5) is 25.7. The predicted octanol–water partition coefficient (Wildman–Crippen LogP) is 2.93. The van der Waals surface area contributed by atoms with Crippen LogP contribution in [-0.4, -0.2) is 24.5 Å². The van der Waals surface area contributed by atoms with Gasteiger partial charge in [0.25, 0.3) is 10.1 Å². The zero-order valence-corrected chi connectivity index (χ0v) is 16.6. The molecule has 4 rings (SSSR count). The minimum Gasteiger partial charge on any atom is -0.399 e. The number of aryl methyl sites for hydroxylation is 1. The summed E-state index contributed by atoms with van der Waals surface area (Å²) in [6.07, 6.45) is 0. The van der Waals surface area contributed by atoms with E-state index < -0.39 is 32.3 Å². The number of nitrogens with two attached hydrogens (primary N) is 2. The molecular weight excluding hydrogens is 406 g/mol. The van der Waals surface area contributed by atoms with Crippen LogP contribution in [0.25, 0.3) is 0 Å². The molecular formula is C21H17N3O5S. The lowest BCUT2D eigenvalue weighted by atomic mass is 9.82. The number of ketones is 2. The van der Waals surface area contributed by atoms with Crippen molar-refractivity contribution < 1.29 is 22.6 Å². The molecule has 0 unspecified atom stereocenters. The SMILES string of the molecule is Cc1cc(Nc2cc(S(=O)(=O)O)c(N)c3c2C(=O)c2ccccc2C3=O)ccc1N. The number of carbonyl (C=O) groups is 2. The van der Waals surface area contributed by atoms with Crippen LogP contribution in [0.5, 0.6) is 0 Å². The van der Waals surface area contributed by atoms with Gasteiger partial charge in [0.05, 0.1) is 22.5 Å². The van der Waals surface area contributed by atoms with Gasteiger partial charge in [-0.25, -0.2) is 0 Å². The third-order valence-electron chi connectivity index (χ3n) is 5.03. The number of anilines is 4. The molecule has 0 fully saturated rings. The summed E-state index contributed by atoms with van der Waals surface area (Å²) in [5.41, 5.74) is 13.1. The van der Waals surface area contributed by atoms with Crippen LogP contribution in [0.15, 0.2) is 53.4 Å². The Balaban J connectivity index is 2.02. The van der Waals surface area contributed by atoms with Gasteiger partial charge in [0.2, 0.25) is 0 Å². The van der Waals surface area contributed by atoms with Crippen LogP contribution in [0.2, 0.25) is 0 Å². The third kappa shape index (κ3) is 3.00. The normalized spacial score (nSPS) is 13.0. The lowest BCUT2D eigenvalue weighted by molar-refractivity contribution is 0.0980. The average molecular weight is 423 g/mol. The first-order valence-corrected chi connectivity index (χ1v) is 10.3. The standard InChI is InChI=1S/C21H17N3O5S/c1-10-8-11(6-7-14(10)22)24-15-9-16(30(27,28)29)19(23)18-17(15)20(25)12-4-2-3-5-13(12)21(18)26/h2-9,24H,22-23H2,1H3,(H,27,28,29). The van der Waals surface area contributed by atoms with Crippen molar-refractivity contribution in [3.05, 3.63) is 76.3 Å². The predicted molar refractivity (Wildman–Crippen MR) is 113 cm³/mol. The molecule has 9 heteroatoms. The van der Waals surface area contributed by atoms with Crippen molar-refractivity contribution in [2.45, 2.75) is 11.8 Å². The van der Waals surface area contributed by atoms with E-state index in [4.69, 9.17) is 11.5 Å². The largest absolute Gasteiger partial charge is 0.399 e. The lowest BCUT2D eigenvalue weighted by Crippen LogP contribution is -2.25. The van der Waals surface area contributed by atoms with Crippen LogP contribution < -0.4 is 16.8 Å². The molecule has 152 valence electrons. The molecule has 0 saturated heterocycles. The van der Waals surface area contributed by atoms with E-state index in [1.807, 2.05) is 0 Å². The van der Waals surface area contributed by atoms with Gasteiger partial charge in [0.15, 0.2) is 11.6 Å². The van der Waals surface area contributed by atoms with Gasteiger partial charge in [-0.05, 0) is 36.8 Å². The van der Waals surface area contributed by atoms with Gasteiger partial charge in [-0.1, -0.05) is 24.3 Å². The Morgan fingerprint density at radius 1 is 0.900 bits per heavy atom. The van der Waals surface area contributed by atoms with Gasteiger partial charge < -0.3 is 16.8 Å². The molecule has 0 aromatic heterocycles. The fourth-order valence-electron chi connectivity index (χ4n) is 3.51. The quantitative estimate of drug-likeness (QED) is 0.290. The van der Waals surface area contributed by atoms with Crippen LogP contribution in [0.3, 0.4) is 0 Å². The van der Waals surface area contributed by atoms with Crippen molar-refractivity contribution in [3.63, 3.8) is 0 Å². The van der Waals surface area contributed by atoms with Gasteiger partial charge in [-0.15, -0.1) is 0 Å². The maximum Gasteiger partial charge on any atom is 0.296 e. The summed E-state index contributed by atoms with van der Waals surface area (Å²) in [6.45, 7) is 1.79. The van der Waals surface area contributed by atoms with E-state index in [0.717, 1.165) is 11.6 Å². The van der Waals surface area contributed by atoms with Gasteiger partial charge >= 0.3 is 0 Å². The summed E-state index contributed by atoms with van der Waals surface area (Å²) >= 11 is 0. The van der Waals surface area contributed by atoms with Crippen LogP contribution in [0.4, 0.5) is 22.7 Å². The van der Waals surface area contributed by atoms with Gasteiger partial charge in [-0.2, -0.15) is 8.42 Å². The highest BCUT2D eigenvalue weighted by Gasteiger charge is 2.36. The van der Waals surface area contributed by atoms with Gasteiger partial charge in [-0.3, -0.25) is 14.1 Å². The molecule has 0 heterocycles. The minimum absolute atomic E-state index is 0.0313. The monoisotopic (exact) mass is 423 g/mol. The smallest absolute Gasteiger partial charge is 0.296 e. The summed E-state index contributed by atoms with van der Waals surface area (Å²) in [6, 6.07) is 12.2. The molecule has 1 aliphatic rings. The maximum absolute atomic E-state index is 13.2. The molecule has 3 aromatic rings. The fraction of sp³-hybridized carbons (Fsp3) is 0.0476. The Morgan fingerprint density at radius 2 is 1.50 bits per heavy atom. The Kier molecular flexibility index (Phi) is 4.37. The number of nitrogen functional groups attached to an aromatic ring is 2. The highest BCUT2D eigenvalue weighted by atomic mass is 32.2. The molecule has 3 aromatic carbocycles. The average Bonchev–Trinajstić information content (AvgIpc) is 2.69. The van der Waals surface area contributed by atoms with E-state index in [-0.39, 0.29) is 27.9 Å². The number of nitrogens with one attached hydrogen (secondary N) is 1. The zero-order valence-electron chi connectivity index (χ0n) is 15.8. The highest BCUT2D eigenvalue weighted by Crippen LogP contribution is 2.40. The molecule has 0 spiro atoms. The number of fused-ring (bicyclic) bond motifs is 2. The molecule has 8 nitrogen and oxygen atoms in total. The Morgan fingerprint density at radius 3 is 2.07 bits per heavy atom. The second-order valence-electron chi connectivity index (χ2n) is 6.96. The molecule has 0 bridgehead atoms. The molecule has 30 heavy (non-hydrogen) atoms. The van der Waals surface area contributed by atoms with E-state index in [1.165, 1.54) is 12.1 Å². The molecule has 6 N–H and O–H groups in total. The van der Waals surface area contributed by atoms with Crippen molar-refractivity contribution in [2.75, 3.05) is 16.8 Å². The van der Waals surface area contributed by atoms with E-state index in [0.29, 0.717) is 11.4 Å². The number of carbonyl (C=O) groups excluding carboxylic acids is 2. The maximum atomic E-state index is 13.2. The minimum atomic E-state index is -4.76. The van der Waals surface area contributed by atoms with Crippen molar-refractivity contribution in [1.82, 2.24) is 0 Å². The van der Waals surface area contributed by atoms with Crippen LogP contribution >= 0.6 is 0 Å². The second kappa shape index (κ2) is 6.68. The number of benzene rings is 3.